The van der Waals surface area contributed by atoms with Gasteiger partial charge in [-0.2, -0.15) is 5.56 Å². The van der Waals surface area contributed by atoms with E-state index in [1.165, 1.54) is 17.7 Å². The van der Waals surface area contributed by atoms with E-state index in [4.69, 9.17) is 1.37 Å². The number of benzene rings is 1. The smallest absolute Gasteiger partial charge is 0.204 e. The zero-order valence-corrected chi connectivity index (χ0v) is 17.2. The number of carbonyl (C=O) groups excluding carboxylic acids is 1. The zero-order chi connectivity index (χ0) is 14.1. The van der Waals surface area contributed by atoms with Gasteiger partial charge in [0.2, 0.25) is 5.91 Å². The van der Waals surface area contributed by atoms with Crippen molar-refractivity contribution in [1.29, 1.82) is 0 Å². The molecule has 1 radical (unpaired) electrons. The van der Waals surface area contributed by atoms with Gasteiger partial charge in [-0.05, 0) is 30.9 Å². The summed E-state index contributed by atoms with van der Waals surface area (Å²) in [6.45, 7) is 2.01. The van der Waals surface area contributed by atoms with E-state index in [1.54, 1.807) is 0 Å². The Kier molecular flexibility index (Phi) is 6.58. The number of nitrogens with one attached hydrogen (secondary N) is 1. The van der Waals surface area contributed by atoms with Crippen LogP contribution in [-0.4, -0.2) is 10.9 Å². The van der Waals surface area contributed by atoms with Crippen LogP contribution in [0.15, 0.2) is 30.4 Å². The van der Waals surface area contributed by atoms with Gasteiger partial charge < -0.3 is 23.5 Å². The number of aryl methyl sites for hydroxylation is 2. The number of rotatable bonds is 2. The van der Waals surface area contributed by atoms with E-state index in [-0.39, 0.29) is 73.2 Å². The van der Waals surface area contributed by atoms with Gasteiger partial charge in [0, 0.05) is 55.9 Å². The summed E-state index contributed by atoms with van der Waals surface area (Å²) in [6.07, 6.45) is 3.60. The van der Waals surface area contributed by atoms with Crippen molar-refractivity contribution in [3.05, 3.63) is 65.0 Å². The summed E-state index contributed by atoms with van der Waals surface area (Å²) in [6, 6.07) is 10.7. The Bertz CT molecular complexity index is 681. The van der Waals surface area contributed by atoms with E-state index >= 15 is 0 Å². The first-order valence-electron chi connectivity index (χ1n) is 6.80. The van der Waals surface area contributed by atoms with E-state index in [0.29, 0.717) is 0 Å². The molecule has 1 aromatic heterocycles. The van der Waals surface area contributed by atoms with Gasteiger partial charge in [-0.1, -0.05) is 6.07 Å². The summed E-state index contributed by atoms with van der Waals surface area (Å²) in [5.74, 6) is -0.274. The van der Waals surface area contributed by atoms with Crippen LogP contribution in [0, 0.1) is 50.2 Å². The topological polar surface area (TPSA) is 42.0 Å². The zero-order valence-electron chi connectivity index (χ0n) is 12.6. The minimum absolute atomic E-state index is 0. The van der Waals surface area contributed by atoms with Crippen LogP contribution in [0.3, 0.4) is 0 Å². The molecule has 1 aliphatic carbocycles. The Morgan fingerprint density at radius 1 is 1.57 bits per heavy atom. The Morgan fingerprint density at radius 2 is 2.38 bits per heavy atom. The van der Waals surface area contributed by atoms with E-state index in [2.05, 4.69) is 28.5 Å². The average Bonchev–Trinajstić information content (AvgIpc) is 2.81. The van der Waals surface area contributed by atoms with Crippen molar-refractivity contribution in [1.82, 2.24) is 10.3 Å². The molecule has 2 aromatic rings. The van der Waals surface area contributed by atoms with Gasteiger partial charge in [0.05, 0.1) is 11.7 Å². The Hall–Kier alpha value is -0.524. The third-order valence-electron chi connectivity index (χ3n) is 3.30. The van der Waals surface area contributed by atoms with E-state index in [0.717, 1.165) is 24.1 Å². The number of amides is 1. The van der Waals surface area contributed by atoms with Crippen molar-refractivity contribution < 1.29 is 55.8 Å². The summed E-state index contributed by atoms with van der Waals surface area (Å²) in [4.78, 5) is 16.6. The number of aromatic nitrogens is 1. The van der Waals surface area contributed by atoms with E-state index in [1.807, 2.05) is 13.1 Å². The van der Waals surface area contributed by atoms with Crippen molar-refractivity contribution in [2.75, 3.05) is 0 Å². The largest absolute Gasteiger partial charge is 0.359 e. The molecule has 1 N–H and O–H groups in total. The second-order valence-corrected chi connectivity index (χ2v) is 4.74. The molecule has 0 fully saturated rings. The van der Waals surface area contributed by atoms with Crippen LogP contribution < -0.4 is 5.32 Å². The van der Waals surface area contributed by atoms with Gasteiger partial charge in [-0.25, -0.2) is 0 Å². The summed E-state index contributed by atoms with van der Waals surface area (Å²) in [7, 11) is 0. The fraction of sp³-hybridized carbons (Fsp3) is 0.250. The van der Waals surface area contributed by atoms with Crippen LogP contribution in [-0.2, 0) is 25.0 Å². The first kappa shape index (κ1) is 16.8. The van der Waals surface area contributed by atoms with E-state index < -0.39 is 0 Å². The second kappa shape index (κ2) is 8.20. The summed E-state index contributed by atoms with van der Waals surface area (Å²) >= 11 is 0. The van der Waals surface area contributed by atoms with Crippen molar-refractivity contribution in [2.45, 2.75) is 25.8 Å². The summed E-state index contributed by atoms with van der Waals surface area (Å²) < 4.78 is 7.71. The molecule has 1 aliphatic rings. The average molecular weight is 541 g/mol. The van der Waals surface area contributed by atoms with Gasteiger partial charge in [0.1, 0.15) is 0 Å². The van der Waals surface area contributed by atoms with Crippen molar-refractivity contribution in [3.8, 4) is 0 Å². The van der Waals surface area contributed by atoms with Crippen LogP contribution in [0.4, 0.5) is 0 Å². The Balaban J connectivity index is 0.00000121. The first-order chi connectivity index (χ1) is 9.65. The molecule has 3 rings (SSSR count). The van der Waals surface area contributed by atoms with Gasteiger partial charge in [0.15, 0.2) is 0 Å². The summed E-state index contributed by atoms with van der Waals surface area (Å²) in [5, 5.41) is 2.95. The Morgan fingerprint density at radius 3 is 3.14 bits per heavy atom. The van der Waals surface area contributed by atoms with Crippen LogP contribution in [0.1, 0.15) is 41.0 Å². The number of fused-ring (bicyclic) bond motifs is 1. The molecule has 1 atom stereocenters. The number of hydrogen-bond acceptors (Lipinski definition) is 2. The predicted molar refractivity (Wildman–Crippen MR) is 71.6 cm³/mol. The first-order valence-corrected chi connectivity index (χ1v) is 6.30. The van der Waals surface area contributed by atoms with Crippen molar-refractivity contribution in [3.63, 3.8) is 0 Å². The predicted octanol–water partition coefficient (Wildman–Crippen LogP) is 2.41. The third-order valence-corrected chi connectivity index (χ3v) is 3.30. The number of nitrogens with zero attached hydrogens (tertiary/aromatic N) is 1. The van der Waals surface area contributed by atoms with Crippen LogP contribution in [0.5, 0.6) is 0 Å². The molecule has 5 heteroatoms. The third kappa shape index (κ3) is 4.24. The van der Waals surface area contributed by atoms with Crippen LogP contribution in [0.2, 0.25) is 0 Å². The van der Waals surface area contributed by atoms with Crippen molar-refractivity contribution in [2.24, 2.45) is 0 Å². The molecule has 1 heterocycles. The fourth-order valence-electron chi connectivity index (χ4n) is 2.40. The molecule has 105 valence electrons. The summed E-state index contributed by atoms with van der Waals surface area (Å²) in [5.41, 5.74) is 3.53. The van der Waals surface area contributed by atoms with Gasteiger partial charge in [-0.15, -0.1) is 1.37 Å². The van der Waals surface area contributed by atoms with Crippen LogP contribution in [0.25, 0.3) is 0 Å². The minimum Gasteiger partial charge on any atom is -0.359 e. The Labute approximate surface area is 162 Å². The maximum atomic E-state index is 12.2. The molecule has 0 saturated carbocycles. The standard InChI is InChI=1S/C16H14N2O.U.V/c1-11-9-13-7-8-14(15(13)17-10-11)18-16(19)12-5-3-2-4-6-12;;/h3-5,9-10,14H,7-8H2,1H3,(H,18,19);;/q-2;;/i5T;;. The maximum absolute atomic E-state index is 12.2. The molecular formula is C16H14N2OUV-2. The molecule has 0 saturated heterocycles. The number of hydrogen-bond donors (Lipinski definition) is 1. The SMILES string of the molecule is [3H]c1c[c-]c[c-]c1C(=O)NC1CCc2cc(C)cnc21.[U].[V]. The van der Waals surface area contributed by atoms with Gasteiger partial charge >= 0.3 is 0 Å². The molecule has 0 aliphatic heterocycles. The number of carbonyl (C=O) groups is 1. The van der Waals surface area contributed by atoms with Crippen molar-refractivity contribution >= 4 is 5.91 Å². The molecule has 3 nitrogen and oxygen atoms in total. The molecular weight excluding hydrogens is 525 g/mol. The molecule has 1 amide bonds. The molecule has 21 heavy (non-hydrogen) atoms. The fourth-order valence-corrected chi connectivity index (χ4v) is 2.40. The number of pyridine rings is 1. The van der Waals surface area contributed by atoms with Gasteiger partial charge in [0.25, 0.3) is 0 Å². The molecule has 0 bridgehead atoms. The molecule has 0 spiro atoms. The second-order valence-electron chi connectivity index (χ2n) is 4.74. The minimum atomic E-state index is -0.274. The monoisotopic (exact) mass is 541 g/mol. The molecule has 1 unspecified atom stereocenters. The molecule has 1 aromatic carbocycles. The van der Waals surface area contributed by atoms with E-state index in [9.17, 15) is 4.79 Å². The normalized spacial score (nSPS) is 16.0. The quantitative estimate of drug-likeness (QED) is 0.594. The van der Waals surface area contributed by atoms with Crippen LogP contribution >= 0.6 is 0 Å². The maximum Gasteiger partial charge on any atom is 0.204 e. The van der Waals surface area contributed by atoms with Gasteiger partial charge in [-0.3, -0.25) is 21.9 Å².